The molecule has 0 radical (unpaired) electrons. The molecule has 2 aromatic carbocycles. The number of rotatable bonds is 3. The van der Waals surface area contributed by atoms with Gasteiger partial charge in [0.05, 0.1) is 5.56 Å². The van der Waals surface area contributed by atoms with Crippen molar-refractivity contribution in [2.45, 2.75) is 6.54 Å². The third-order valence-corrected chi connectivity index (χ3v) is 4.30. The topological polar surface area (TPSA) is 32.3 Å². The summed E-state index contributed by atoms with van der Waals surface area (Å²) in [7, 11) is 1.87. The van der Waals surface area contributed by atoms with E-state index in [-0.39, 0.29) is 5.91 Å². The molecule has 0 atom stereocenters. The fraction of sp³-hybridized carbons (Fsp3) is 0.125. The monoisotopic (exact) mass is 410 g/mol. The molecule has 1 N–H and O–H groups in total. The summed E-state index contributed by atoms with van der Waals surface area (Å²) in [5.74, 6) is -0.176. The number of carbonyl (C=O) groups excluding carboxylic acids is 1. The van der Waals surface area contributed by atoms with E-state index in [0.717, 1.165) is 9.13 Å². The van der Waals surface area contributed by atoms with Gasteiger partial charge in [-0.25, -0.2) is 0 Å². The zero-order valence-electron chi connectivity index (χ0n) is 11.5. The molecule has 0 aromatic heterocycles. The van der Waals surface area contributed by atoms with Crippen molar-refractivity contribution in [3.8, 4) is 0 Å². The summed E-state index contributed by atoms with van der Waals surface area (Å²) in [5, 5.41) is 3.19. The highest BCUT2D eigenvalue weighted by Crippen LogP contribution is 2.11. The molecule has 108 valence electrons. The largest absolute Gasteiger partial charge is 0.348 e. The van der Waals surface area contributed by atoms with Crippen LogP contribution in [-0.4, -0.2) is 23.0 Å². The molecule has 0 spiro atoms. The van der Waals surface area contributed by atoms with Gasteiger partial charge < -0.3 is 4.90 Å². The van der Waals surface area contributed by atoms with E-state index in [4.69, 9.17) is 12.2 Å². The summed E-state index contributed by atoms with van der Waals surface area (Å²) in [4.78, 5) is 14.0. The molecule has 1 amide bonds. The fourth-order valence-corrected chi connectivity index (χ4v) is 2.62. The normalized spacial score (nSPS) is 10.0. The van der Waals surface area contributed by atoms with Crippen LogP contribution in [0.3, 0.4) is 0 Å². The van der Waals surface area contributed by atoms with Gasteiger partial charge in [-0.1, -0.05) is 42.5 Å². The smallest absolute Gasteiger partial charge is 0.258 e. The van der Waals surface area contributed by atoms with Crippen molar-refractivity contribution in [2.75, 3.05) is 7.05 Å². The van der Waals surface area contributed by atoms with Gasteiger partial charge >= 0.3 is 0 Å². The van der Waals surface area contributed by atoms with Crippen molar-refractivity contribution in [1.82, 2.24) is 10.2 Å². The molecule has 0 fully saturated rings. The van der Waals surface area contributed by atoms with Crippen LogP contribution in [0.25, 0.3) is 0 Å². The van der Waals surface area contributed by atoms with Gasteiger partial charge in [0.25, 0.3) is 5.91 Å². The van der Waals surface area contributed by atoms with Crippen LogP contribution in [-0.2, 0) is 6.54 Å². The first-order valence-electron chi connectivity index (χ1n) is 6.43. The van der Waals surface area contributed by atoms with Crippen molar-refractivity contribution in [1.29, 1.82) is 0 Å². The number of carbonyl (C=O) groups is 1. The summed E-state index contributed by atoms with van der Waals surface area (Å²) in [5.41, 5.74) is 1.78. The number of hydrogen-bond donors (Lipinski definition) is 1. The standard InChI is InChI=1S/C16H15IN2OS/c1-19(11-12-7-3-2-4-8-12)16(21)18-15(20)13-9-5-6-10-14(13)17/h2-10H,11H2,1H3,(H,18,20,21). The van der Waals surface area contributed by atoms with Crippen LogP contribution in [0.15, 0.2) is 54.6 Å². The minimum atomic E-state index is -0.176. The highest BCUT2D eigenvalue weighted by atomic mass is 127. The molecule has 0 bridgehead atoms. The number of amides is 1. The maximum Gasteiger partial charge on any atom is 0.258 e. The summed E-state index contributed by atoms with van der Waals surface area (Å²) >= 11 is 7.43. The Morgan fingerprint density at radius 1 is 1.14 bits per heavy atom. The van der Waals surface area contributed by atoms with Crippen LogP contribution in [0.2, 0.25) is 0 Å². The molecule has 21 heavy (non-hydrogen) atoms. The lowest BCUT2D eigenvalue weighted by molar-refractivity contribution is 0.0973. The molecule has 0 heterocycles. The lowest BCUT2D eigenvalue weighted by atomic mass is 10.2. The maximum atomic E-state index is 12.2. The van der Waals surface area contributed by atoms with Crippen LogP contribution in [0, 0.1) is 3.57 Å². The van der Waals surface area contributed by atoms with Gasteiger partial charge in [-0.2, -0.15) is 0 Å². The molecule has 0 aliphatic heterocycles. The Morgan fingerprint density at radius 2 is 1.76 bits per heavy atom. The summed E-state index contributed by atoms with van der Waals surface area (Å²) < 4.78 is 0.904. The summed E-state index contributed by atoms with van der Waals surface area (Å²) in [6.07, 6.45) is 0. The summed E-state index contributed by atoms with van der Waals surface area (Å²) in [6, 6.07) is 17.4. The van der Waals surface area contributed by atoms with E-state index in [1.807, 2.05) is 60.5 Å². The van der Waals surface area contributed by atoms with E-state index in [9.17, 15) is 4.79 Å². The molecule has 0 saturated carbocycles. The lowest BCUT2D eigenvalue weighted by Crippen LogP contribution is -2.40. The molecule has 0 aliphatic carbocycles. The van der Waals surface area contributed by atoms with Crippen LogP contribution in [0.5, 0.6) is 0 Å². The number of halogens is 1. The third kappa shape index (κ3) is 4.50. The Labute approximate surface area is 143 Å². The van der Waals surface area contributed by atoms with Crippen LogP contribution in [0.1, 0.15) is 15.9 Å². The second-order valence-electron chi connectivity index (χ2n) is 4.58. The Hall–Kier alpha value is -1.47. The van der Waals surface area contributed by atoms with Crippen LogP contribution in [0.4, 0.5) is 0 Å². The van der Waals surface area contributed by atoms with E-state index >= 15 is 0 Å². The average molecular weight is 410 g/mol. The molecule has 2 rings (SSSR count). The van der Waals surface area contributed by atoms with Gasteiger partial charge in [-0.3, -0.25) is 10.1 Å². The zero-order chi connectivity index (χ0) is 15.2. The van der Waals surface area contributed by atoms with Crippen LogP contribution >= 0.6 is 34.8 Å². The van der Waals surface area contributed by atoms with Gasteiger partial charge in [-0.05, 0) is 52.5 Å². The van der Waals surface area contributed by atoms with E-state index in [0.29, 0.717) is 17.2 Å². The number of nitrogens with zero attached hydrogens (tertiary/aromatic N) is 1. The molecule has 0 aliphatic rings. The van der Waals surface area contributed by atoms with Gasteiger partial charge in [-0.15, -0.1) is 0 Å². The van der Waals surface area contributed by atoms with E-state index in [2.05, 4.69) is 27.9 Å². The third-order valence-electron chi connectivity index (χ3n) is 2.95. The first-order chi connectivity index (χ1) is 10.1. The lowest BCUT2D eigenvalue weighted by Gasteiger charge is -2.20. The minimum Gasteiger partial charge on any atom is -0.348 e. The molecule has 0 unspecified atom stereocenters. The molecular weight excluding hydrogens is 395 g/mol. The number of thiocarbonyl (C=S) groups is 1. The van der Waals surface area contributed by atoms with E-state index in [1.54, 1.807) is 6.07 Å². The zero-order valence-corrected chi connectivity index (χ0v) is 14.5. The predicted octanol–water partition coefficient (Wildman–Crippen LogP) is 3.44. The van der Waals surface area contributed by atoms with E-state index in [1.165, 1.54) is 0 Å². The first-order valence-corrected chi connectivity index (χ1v) is 7.91. The van der Waals surface area contributed by atoms with Crippen molar-refractivity contribution in [2.24, 2.45) is 0 Å². The Kier molecular flexibility index (Phi) is 5.69. The SMILES string of the molecule is CN(Cc1ccccc1)C(=S)NC(=O)c1ccccc1I. The number of hydrogen-bond acceptors (Lipinski definition) is 2. The van der Waals surface area contributed by atoms with Crippen molar-refractivity contribution < 1.29 is 4.79 Å². The highest BCUT2D eigenvalue weighted by molar-refractivity contribution is 14.1. The predicted molar refractivity (Wildman–Crippen MR) is 97.1 cm³/mol. The Morgan fingerprint density at radius 3 is 2.43 bits per heavy atom. The van der Waals surface area contributed by atoms with Crippen molar-refractivity contribution in [3.63, 3.8) is 0 Å². The van der Waals surface area contributed by atoms with E-state index < -0.39 is 0 Å². The van der Waals surface area contributed by atoms with Crippen molar-refractivity contribution in [3.05, 3.63) is 69.3 Å². The second-order valence-corrected chi connectivity index (χ2v) is 6.13. The second kappa shape index (κ2) is 7.51. The minimum absolute atomic E-state index is 0.176. The van der Waals surface area contributed by atoms with Crippen LogP contribution < -0.4 is 5.32 Å². The quantitative estimate of drug-likeness (QED) is 0.622. The van der Waals surface area contributed by atoms with Gasteiger partial charge in [0.1, 0.15) is 0 Å². The average Bonchev–Trinajstić information content (AvgIpc) is 2.48. The van der Waals surface area contributed by atoms with Crippen molar-refractivity contribution >= 4 is 45.8 Å². The Bertz CT molecular complexity index is 646. The molecule has 5 heteroatoms. The molecule has 0 saturated heterocycles. The fourth-order valence-electron chi connectivity index (χ4n) is 1.83. The molecule has 2 aromatic rings. The number of nitrogens with one attached hydrogen (secondary N) is 1. The molecular formula is C16H15IN2OS. The van der Waals surface area contributed by atoms with Gasteiger partial charge in [0.15, 0.2) is 5.11 Å². The number of benzene rings is 2. The first kappa shape index (κ1) is 15.9. The molecule has 3 nitrogen and oxygen atoms in total. The summed E-state index contributed by atoms with van der Waals surface area (Å²) in [6.45, 7) is 0.659. The Balaban J connectivity index is 1.98. The van der Waals surface area contributed by atoms with Gasteiger partial charge in [0.2, 0.25) is 0 Å². The highest BCUT2D eigenvalue weighted by Gasteiger charge is 2.13. The van der Waals surface area contributed by atoms with Gasteiger partial charge in [0, 0.05) is 17.2 Å². The maximum absolute atomic E-state index is 12.2.